The zero-order valence-corrected chi connectivity index (χ0v) is 14.4. The van der Waals surface area contributed by atoms with E-state index in [-0.39, 0.29) is 18.0 Å². The molecule has 0 unspecified atom stereocenters. The minimum Gasteiger partial charge on any atom is -0.324 e. The Morgan fingerprint density at radius 3 is 2.70 bits per heavy atom. The average molecular weight is 359 g/mol. The van der Waals surface area contributed by atoms with E-state index in [1.54, 1.807) is 29.1 Å². The molecule has 0 bridgehead atoms. The first-order chi connectivity index (χ1) is 13.2. The molecule has 0 atom stereocenters. The van der Waals surface area contributed by atoms with Crippen molar-refractivity contribution < 1.29 is 4.79 Å². The number of rotatable bonds is 5. The highest BCUT2D eigenvalue weighted by Gasteiger charge is 2.10. The van der Waals surface area contributed by atoms with E-state index in [0.29, 0.717) is 23.1 Å². The standard InChI is InChI=1S/C20H17N5O2/c26-19(13-24-14-21-18-9-4-2-7-16(18)20(24)27)23-17-8-3-1-6-15(17)12-25-11-5-10-22-25/h1-11,14H,12-13H2,(H,23,26). The van der Waals surface area contributed by atoms with Gasteiger partial charge in [0.2, 0.25) is 5.91 Å². The van der Waals surface area contributed by atoms with E-state index < -0.39 is 0 Å². The molecule has 2 aromatic carbocycles. The number of benzene rings is 2. The summed E-state index contributed by atoms with van der Waals surface area (Å²) < 4.78 is 3.09. The summed E-state index contributed by atoms with van der Waals surface area (Å²) in [6.45, 7) is 0.438. The predicted molar refractivity (Wildman–Crippen MR) is 102 cm³/mol. The quantitative estimate of drug-likeness (QED) is 0.593. The third-order valence-electron chi connectivity index (χ3n) is 4.23. The van der Waals surface area contributed by atoms with Gasteiger partial charge in [-0.05, 0) is 29.8 Å². The first-order valence-electron chi connectivity index (χ1n) is 8.50. The number of hydrogen-bond acceptors (Lipinski definition) is 4. The number of nitrogens with zero attached hydrogens (tertiary/aromatic N) is 4. The summed E-state index contributed by atoms with van der Waals surface area (Å²) in [5.74, 6) is -0.290. The van der Waals surface area contributed by atoms with E-state index in [1.807, 2.05) is 42.6 Å². The number of anilines is 1. The lowest BCUT2D eigenvalue weighted by Crippen LogP contribution is -2.28. The monoisotopic (exact) mass is 359 g/mol. The van der Waals surface area contributed by atoms with Gasteiger partial charge in [-0.3, -0.25) is 18.8 Å². The number of aromatic nitrogens is 4. The van der Waals surface area contributed by atoms with Crippen LogP contribution in [0, 0.1) is 0 Å². The lowest BCUT2D eigenvalue weighted by Gasteiger charge is -2.12. The van der Waals surface area contributed by atoms with E-state index in [1.165, 1.54) is 10.9 Å². The number of amides is 1. The maximum atomic E-state index is 12.5. The van der Waals surface area contributed by atoms with Gasteiger partial charge in [-0.15, -0.1) is 0 Å². The van der Waals surface area contributed by atoms with Gasteiger partial charge in [-0.25, -0.2) is 4.98 Å². The van der Waals surface area contributed by atoms with Crippen LogP contribution in [-0.4, -0.2) is 25.2 Å². The maximum Gasteiger partial charge on any atom is 0.261 e. The minimum absolute atomic E-state index is 0.104. The van der Waals surface area contributed by atoms with Crippen LogP contribution in [0.25, 0.3) is 10.9 Å². The topological polar surface area (TPSA) is 81.8 Å². The van der Waals surface area contributed by atoms with Crippen LogP contribution >= 0.6 is 0 Å². The van der Waals surface area contributed by atoms with Gasteiger partial charge in [0, 0.05) is 18.1 Å². The summed E-state index contributed by atoms with van der Waals surface area (Å²) in [5, 5.41) is 7.56. The highest BCUT2D eigenvalue weighted by molar-refractivity contribution is 5.91. The van der Waals surface area contributed by atoms with E-state index in [2.05, 4.69) is 15.4 Å². The molecule has 0 aliphatic rings. The van der Waals surface area contributed by atoms with Crippen LogP contribution < -0.4 is 10.9 Å². The Hall–Kier alpha value is -3.74. The Labute approximate surface area is 154 Å². The summed E-state index contributed by atoms with van der Waals surface area (Å²) in [4.78, 5) is 29.3. The molecule has 2 heterocycles. The van der Waals surface area contributed by atoms with E-state index in [9.17, 15) is 9.59 Å². The largest absolute Gasteiger partial charge is 0.324 e. The van der Waals surface area contributed by atoms with Crippen molar-refractivity contribution in [2.45, 2.75) is 13.1 Å². The molecule has 7 heteroatoms. The second kappa shape index (κ2) is 7.25. The highest BCUT2D eigenvalue weighted by atomic mass is 16.2. The zero-order valence-electron chi connectivity index (χ0n) is 14.4. The molecule has 4 rings (SSSR count). The van der Waals surface area contributed by atoms with Crippen LogP contribution in [-0.2, 0) is 17.9 Å². The summed E-state index contributed by atoms with van der Waals surface area (Å²) in [5.41, 5.74) is 2.00. The molecule has 27 heavy (non-hydrogen) atoms. The van der Waals surface area contributed by atoms with Crippen LogP contribution in [0.1, 0.15) is 5.56 Å². The number of hydrogen-bond donors (Lipinski definition) is 1. The molecule has 134 valence electrons. The fourth-order valence-electron chi connectivity index (χ4n) is 2.91. The molecule has 0 spiro atoms. The number of para-hydroxylation sites is 2. The number of fused-ring (bicyclic) bond motifs is 1. The first kappa shape index (κ1) is 16.7. The molecule has 0 aliphatic heterocycles. The Morgan fingerprint density at radius 1 is 1.04 bits per heavy atom. The molecule has 1 amide bonds. The highest BCUT2D eigenvalue weighted by Crippen LogP contribution is 2.16. The van der Waals surface area contributed by atoms with Crippen molar-refractivity contribution in [3.05, 3.63) is 89.2 Å². The van der Waals surface area contributed by atoms with Crippen molar-refractivity contribution >= 4 is 22.5 Å². The summed E-state index contributed by atoms with van der Waals surface area (Å²) in [7, 11) is 0. The summed E-state index contributed by atoms with van der Waals surface area (Å²) in [6.07, 6.45) is 4.97. The summed E-state index contributed by atoms with van der Waals surface area (Å²) >= 11 is 0. The Morgan fingerprint density at radius 2 is 1.85 bits per heavy atom. The SMILES string of the molecule is O=C(Cn1cnc2ccccc2c1=O)Nc1ccccc1Cn1cccn1. The molecule has 7 nitrogen and oxygen atoms in total. The lowest BCUT2D eigenvalue weighted by atomic mass is 10.1. The van der Waals surface area contributed by atoms with Crippen molar-refractivity contribution in [2.75, 3.05) is 5.32 Å². The second-order valence-electron chi connectivity index (χ2n) is 6.10. The number of carbonyl (C=O) groups excluding carboxylic acids is 1. The molecule has 0 aliphatic carbocycles. The minimum atomic E-state index is -0.290. The van der Waals surface area contributed by atoms with Gasteiger partial charge in [0.1, 0.15) is 6.54 Å². The van der Waals surface area contributed by atoms with Gasteiger partial charge in [0.15, 0.2) is 0 Å². The molecular weight excluding hydrogens is 342 g/mol. The third-order valence-corrected chi connectivity index (χ3v) is 4.23. The van der Waals surface area contributed by atoms with E-state index in [4.69, 9.17) is 0 Å². The van der Waals surface area contributed by atoms with Gasteiger partial charge in [0.25, 0.3) is 5.56 Å². The molecular formula is C20H17N5O2. The molecule has 0 saturated carbocycles. The zero-order chi connectivity index (χ0) is 18.6. The van der Waals surface area contributed by atoms with Crippen molar-refractivity contribution in [1.29, 1.82) is 0 Å². The first-order valence-corrected chi connectivity index (χ1v) is 8.50. The maximum absolute atomic E-state index is 12.5. The fraction of sp³-hybridized carbons (Fsp3) is 0.100. The van der Waals surface area contributed by atoms with Gasteiger partial charge >= 0.3 is 0 Å². The van der Waals surface area contributed by atoms with Crippen LogP contribution in [0.3, 0.4) is 0 Å². The number of nitrogens with one attached hydrogen (secondary N) is 1. The molecule has 1 N–H and O–H groups in total. The van der Waals surface area contributed by atoms with Crippen molar-refractivity contribution in [3.8, 4) is 0 Å². The fourth-order valence-corrected chi connectivity index (χ4v) is 2.91. The van der Waals surface area contributed by atoms with Gasteiger partial charge in [-0.1, -0.05) is 30.3 Å². The van der Waals surface area contributed by atoms with Gasteiger partial charge < -0.3 is 5.32 Å². The van der Waals surface area contributed by atoms with Crippen LogP contribution in [0.4, 0.5) is 5.69 Å². The van der Waals surface area contributed by atoms with Gasteiger partial charge in [-0.2, -0.15) is 5.10 Å². The Balaban J connectivity index is 1.54. The molecule has 0 saturated heterocycles. The second-order valence-corrected chi connectivity index (χ2v) is 6.10. The van der Waals surface area contributed by atoms with Crippen molar-refractivity contribution in [2.24, 2.45) is 0 Å². The molecule has 4 aromatic rings. The predicted octanol–water partition coefficient (Wildman–Crippen LogP) is 2.28. The van der Waals surface area contributed by atoms with E-state index >= 15 is 0 Å². The smallest absolute Gasteiger partial charge is 0.261 e. The average Bonchev–Trinajstić information content (AvgIpc) is 3.19. The van der Waals surface area contributed by atoms with Crippen LogP contribution in [0.15, 0.2) is 78.1 Å². The normalized spacial score (nSPS) is 10.8. The molecule has 0 radical (unpaired) electrons. The lowest BCUT2D eigenvalue weighted by molar-refractivity contribution is -0.116. The number of carbonyl (C=O) groups is 1. The summed E-state index contributed by atoms with van der Waals surface area (Å²) in [6, 6.07) is 16.5. The molecule has 0 fully saturated rings. The molecule has 2 aromatic heterocycles. The van der Waals surface area contributed by atoms with Crippen LogP contribution in [0.2, 0.25) is 0 Å². The van der Waals surface area contributed by atoms with E-state index in [0.717, 1.165) is 5.56 Å². The van der Waals surface area contributed by atoms with Crippen LogP contribution in [0.5, 0.6) is 0 Å². The van der Waals surface area contributed by atoms with Crippen molar-refractivity contribution in [3.63, 3.8) is 0 Å². The Bertz CT molecular complexity index is 1150. The van der Waals surface area contributed by atoms with Gasteiger partial charge in [0.05, 0.1) is 23.8 Å². The van der Waals surface area contributed by atoms with Crippen molar-refractivity contribution in [1.82, 2.24) is 19.3 Å². The third kappa shape index (κ3) is 3.62. The Kier molecular flexibility index (Phi) is 4.49.